The first kappa shape index (κ1) is 15.8. The van der Waals surface area contributed by atoms with Gasteiger partial charge in [-0.05, 0) is 39.2 Å². The van der Waals surface area contributed by atoms with Crippen molar-refractivity contribution in [3.05, 3.63) is 33.2 Å². The number of pyridine rings is 1. The average molecular weight is 293 g/mol. The molecule has 1 aliphatic heterocycles. The second kappa shape index (κ2) is 6.89. The lowest BCUT2D eigenvalue weighted by Gasteiger charge is -2.24. The minimum absolute atomic E-state index is 0.0661. The van der Waals surface area contributed by atoms with Gasteiger partial charge in [0.15, 0.2) is 0 Å². The fourth-order valence-electron chi connectivity index (χ4n) is 2.87. The Bertz CT molecular complexity index is 570. The van der Waals surface area contributed by atoms with Crippen LogP contribution in [0.4, 0.5) is 0 Å². The predicted octanol–water partition coefficient (Wildman–Crippen LogP) is 2.07. The molecule has 1 saturated heterocycles. The zero-order valence-electron chi connectivity index (χ0n) is 13.0. The fourth-order valence-corrected chi connectivity index (χ4v) is 2.87. The summed E-state index contributed by atoms with van der Waals surface area (Å²) in [5.74, 6) is -0.0333. The number of hydrogen-bond acceptors (Lipinski definition) is 4. The van der Waals surface area contributed by atoms with Gasteiger partial charge >= 0.3 is 5.97 Å². The normalized spacial score (nSPS) is 18.5. The van der Waals surface area contributed by atoms with Gasteiger partial charge in [0, 0.05) is 30.8 Å². The van der Waals surface area contributed by atoms with E-state index >= 15 is 0 Å². The van der Waals surface area contributed by atoms with Crippen molar-refractivity contribution in [3.8, 4) is 0 Å². The van der Waals surface area contributed by atoms with Gasteiger partial charge in [0.2, 0.25) is 0 Å². The highest BCUT2D eigenvalue weighted by atomic mass is 16.5. The van der Waals surface area contributed by atoms with Crippen LogP contribution >= 0.6 is 0 Å². The van der Waals surface area contributed by atoms with E-state index in [1.54, 1.807) is 18.4 Å². The highest BCUT2D eigenvalue weighted by Gasteiger charge is 2.21. The molecule has 1 aliphatic rings. The number of carbonyl (C=O) groups excluding carboxylic acids is 1. The quantitative estimate of drug-likeness (QED) is 0.797. The standard InChI is InChI=1S/C16H23NO4/c1-4-21-16(19)15-11(2)8-14(18)17(12(15)3)9-13-6-5-7-20-10-13/h8,13H,4-7,9-10H2,1-3H3. The lowest BCUT2D eigenvalue weighted by atomic mass is 10.0. The molecular weight excluding hydrogens is 270 g/mol. The largest absolute Gasteiger partial charge is 0.462 e. The van der Waals surface area contributed by atoms with Gasteiger partial charge in [-0.1, -0.05) is 0 Å². The zero-order valence-corrected chi connectivity index (χ0v) is 13.0. The Morgan fingerprint density at radius 2 is 2.24 bits per heavy atom. The summed E-state index contributed by atoms with van der Waals surface area (Å²) < 4.78 is 12.2. The molecule has 0 aliphatic carbocycles. The van der Waals surface area contributed by atoms with Gasteiger partial charge in [0.1, 0.15) is 0 Å². The van der Waals surface area contributed by atoms with Crippen LogP contribution in [0.3, 0.4) is 0 Å². The first-order valence-corrected chi connectivity index (χ1v) is 7.50. The molecule has 1 atom stereocenters. The van der Waals surface area contributed by atoms with E-state index < -0.39 is 0 Å². The molecule has 2 rings (SSSR count). The van der Waals surface area contributed by atoms with Gasteiger partial charge in [-0.15, -0.1) is 0 Å². The van der Waals surface area contributed by atoms with Crippen LogP contribution in [0.2, 0.25) is 0 Å². The molecule has 0 saturated carbocycles. The second-order valence-corrected chi connectivity index (χ2v) is 5.54. The Balaban J connectivity index is 2.34. The summed E-state index contributed by atoms with van der Waals surface area (Å²) in [7, 11) is 0. The minimum atomic E-state index is -0.360. The molecule has 1 unspecified atom stereocenters. The topological polar surface area (TPSA) is 57.5 Å². The maximum absolute atomic E-state index is 12.2. The van der Waals surface area contributed by atoms with Crippen molar-refractivity contribution in [2.45, 2.75) is 40.2 Å². The molecule has 0 bridgehead atoms. The Labute approximate surface area is 124 Å². The Kier molecular flexibility index (Phi) is 5.17. The third-order valence-electron chi connectivity index (χ3n) is 3.94. The van der Waals surface area contributed by atoms with E-state index in [9.17, 15) is 9.59 Å². The summed E-state index contributed by atoms with van der Waals surface area (Å²) in [4.78, 5) is 24.3. The minimum Gasteiger partial charge on any atom is -0.462 e. The molecule has 116 valence electrons. The molecule has 2 heterocycles. The smallest absolute Gasteiger partial charge is 0.340 e. The van der Waals surface area contributed by atoms with Crippen LogP contribution < -0.4 is 5.56 Å². The third kappa shape index (κ3) is 3.53. The van der Waals surface area contributed by atoms with Crippen LogP contribution in [0.1, 0.15) is 41.4 Å². The van der Waals surface area contributed by atoms with Crippen molar-refractivity contribution in [2.75, 3.05) is 19.8 Å². The molecular formula is C16H23NO4. The third-order valence-corrected chi connectivity index (χ3v) is 3.94. The van der Waals surface area contributed by atoms with E-state index in [-0.39, 0.29) is 11.5 Å². The monoisotopic (exact) mass is 293 g/mol. The SMILES string of the molecule is CCOC(=O)c1c(C)cc(=O)n(CC2CCCOC2)c1C. The highest BCUT2D eigenvalue weighted by molar-refractivity contribution is 5.92. The lowest BCUT2D eigenvalue weighted by Crippen LogP contribution is -2.31. The van der Waals surface area contributed by atoms with E-state index in [0.717, 1.165) is 19.4 Å². The van der Waals surface area contributed by atoms with Crippen LogP contribution in [-0.4, -0.2) is 30.4 Å². The number of carbonyl (C=O) groups is 1. The van der Waals surface area contributed by atoms with Gasteiger partial charge in [0.05, 0.1) is 18.8 Å². The molecule has 0 N–H and O–H groups in total. The summed E-state index contributed by atoms with van der Waals surface area (Å²) in [6.45, 7) is 7.75. The molecule has 1 aromatic heterocycles. The predicted molar refractivity (Wildman–Crippen MR) is 79.7 cm³/mol. The van der Waals surface area contributed by atoms with Gasteiger partial charge in [0.25, 0.3) is 5.56 Å². The molecule has 1 aromatic rings. The van der Waals surface area contributed by atoms with Gasteiger partial charge in [-0.3, -0.25) is 4.79 Å². The zero-order chi connectivity index (χ0) is 15.4. The van der Waals surface area contributed by atoms with Crippen LogP contribution in [0.15, 0.2) is 10.9 Å². The molecule has 0 aromatic carbocycles. The summed E-state index contributed by atoms with van der Waals surface area (Å²) in [6, 6.07) is 1.52. The first-order chi connectivity index (χ1) is 10.0. The van der Waals surface area contributed by atoms with Crippen molar-refractivity contribution < 1.29 is 14.3 Å². The molecule has 21 heavy (non-hydrogen) atoms. The van der Waals surface area contributed by atoms with Crippen LogP contribution in [0.5, 0.6) is 0 Å². The molecule has 0 spiro atoms. The Morgan fingerprint density at radius 3 is 2.86 bits per heavy atom. The Hall–Kier alpha value is -1.62. The van der Waals surface area contributed by atoms with E-state index in [1.165, 1.54) is 6.07 Å². The van der Waals surface area contributed by atoms with E-state index in [4.69, 9.17) is 9.47 Å². The Morgan fingerprint density at radius 1 is 1.48 bits per heavy atom. The van der Waals surface area contributed by atoms with Gasteiger partial charge < -0.3 is 14.0 Å². The summed E-state index contributed by atoms with van der Waals surface area (Å²) in [5, 5.41) is 0. The summed E-state index contributed by atoms with van der Waals surface area (Å²) in [6.07, 6.45) is 2.07. The van der Waals surface area contributed by atoms with Crippen LogP contribution in [-0.2, 0) is 16.0 Å². The number of nitrogens with zero attached hydrogens (tertiary/aromatic N) is 1. The number of aromatic nitrogens is 1. The molecule has 1 fully saturated rings. The maximum Gasteiger partial charge on any atom is 0.340 e. The number of ether oxygens (including phenoxy) is 2. The molecule has 5 nitrogen and oxygen atoms in total. The van der Waals surface area contributed by atoms with Crippen molar-refractivity contribution in [3.63, 3.8) is 0 Å². The first-order valence-electron chi connectivity index (χ1n) is 7.50. The van der Waals surface area contributed by atoms with Gasteiger partial charge in [-0.2, -0.15) is 0 Å². The van der Waals surface area contributed by atoms with Crippen LogP contribution in [0, 0.1) is 19.8 Å². The molecule has 5 heteroatoms. The lowest BCUT2D eigenvalue weighted by molar-refractivity contribution is 0.0473. The highest BCUT2D eigenvalue weighted by Crippen LogP contribution is 2.18. The molecule has 0 amide bonds. The maximum atomic E-state index is 12.2. The van der Waals surface area contributed by atoms with Gasteiger partial charge in [-0.25, -0.2) is 4.79 Å². The second-order valence-electron chi connectivity index (χ2n) is 5.54. The van der Waals surface area contributed by atoms with Crippen molar-refractivity contribution >= 4 is 5.97 Å². The van der Waals surface area contributed by atoms with Crippen LogP contribution in [0.25, 0.3) is 0 Å². The number of aryl methyl sites for hydroxylation is 1. The van der Waals surface area contributed by atoms with E-state index in [2.05, 4.69) is 0 Å². The number of rotatable bonds is 4. The fraction of sp³-hybridized carbons (Fsp3) is 0.625. The van der Waals surface area contributed by atoms with E-state index in [0.29, 0.717) is 42.5 Å². The number of hydrogen-bond donors (Lipinski definition) is 0. The number of esters is 1. The molecule has 0 radical (unpaired) electrons. The van der Waals surface area contributed by atoms with E-state index in [1.807, 2.05) is 6.92 Å². The van der Waals surface area contributed by atoms with Crippen molar-refractivity contribution in [1.82, 2.24) is 4.57 Å². The average Bonchev–Trinajstić information content (AvgIpc) is 2.44. The summed E-state index contributed by atoms with van der Waals surface area (Å²) in [5.41, 5.74) is 1.80. The summed E-state index contributed by atoms with van der Waals surface area (Å²) >= 11 is 0. The van der Waals surface area contributed by atoms with Crippen molar-refractivity contribution in [2.24, 2.45) is 5.92 Å². The van der Waals surface area contributed by atoms with Crippen molar-refractivity contribution in [1.29, 1.82) is 0 Å².